The number of para-hydroxylation sites is 1. The molecule has 1 amide bonds. The lowest BCUT2D eigenvalue weighted by molar-refractivity contribution is 0.102. The summed E-state index contributed by atoms with van der Waals surface area (Å²) in [5.74, 6) is -0.139. The van der Waals surface area contributed by atoms with E-state index in [4.69, 9.17) is 0 Å². The van der Waals surface area contributed by atoms with Crippen molar-refractivity contribution in [2.45, 2.75) is 6.92 Å². The molecule has 3 aromatic rings. The highest BCUT2D eigenvalue weighted by Gasteiger charge is 2.12. The van der Waals surface area contributed by atoms with E-state index in [-0.39, 0.29) is 5.91 Å². The van der Waals surface area contributed by atoms with Crippen molar-refractivity contribution >= 4 is 38.4 Å². The Hall–Kier alpha value is -2.20. The summed E-state index contributed by atoms with van der Waals surface area (Å²) in [6.07, 6.45) is 1.66. The minimum absolute atomic E-state index is 0.139. The quantitative estimate of drug-likeness (QED) is 0.743. The molecule has 3 rings (SSSR count). The Morgan fingerprint density at radius 1 is 1.14 bits per heavy atom. The molecule has 0 bridgehead atoms. The van der Waals surface area contributed by atoms with Crippen molar-refractivity contribution in [1.29, 1.82) is 0 Å². The van der Waals surface area contributed by atoms with Gasteiger partial charge in [0.2, 0.25) is 0 Å². The van der Waals surface area contributed by atoms with Crippen LogP contribution in [-0.2, 0) is 0 Å². The SMILES string of the molecule is Cc1ccc(Br)c(NC(=O)c2ccnc3ccccc23)c1. The molecule has 2 aromatic carbocycles. The number of carbonyl (C=O) groups excluding carboxylic acids is 1. The van der Waals surface area contributed by atoms with Crippen LogP contribution >= 0.6 is 15.9 Å². The van der Waals surface area contributed by atoms with E-state index in [2.05, 4.69) is 26.2 Å². The first kappa shape index (κ1) is 13.8. The van der Waals surface area contributed by atoms with Crippen LogP contribution in [-0.4, -0.2) is 10.9 Å². The van der Waals surface area contributed by atoms with Crippen molar-refractivity contribution in [2.75, 3.05) is 5.32 Å². The molecular weight excluding hydrogens is 328 g/mol. The number of amides is 1. The number of hydrogen-bond acceptors (Lipinski definition) is 2. The van der Waals surface area contributed by atoms with Gasteiger partial charge in [-0.05, 0) is 52.7 Å². The molecule has 1 heterocycles. The van der Waals surface area contributed by atoms with Crippen molar-refractivity contribution in [2.24, 2.45) is 0 Å². The summed E-state index contributed by atoms with van der Waals surface area (Å²) < 4.78 is 0.861. The van der Waals surface area contributed by atoms with Gasteiger partial charge in [0.1, 0.15) is 0 Å². The van der Waals surface area contributed by atoms with Crippen LogP contribution < -0.4 is 5.32 Å². The number of nitrogens with one attached hydrogen (secondary N) is 1. The van der Waals surface area contributed by atoms with Gasteiger partial charge in [0.15, 0.2) is 0 Å². The van der Waals surface area contributed by atoms with Crippen LogP contribution in [0.15, 0.2) is 59.2 Å². The molecule has 21 heavy (non-hydrogen) atoms. The largest absolute Gasteiger partial charge is 0.321 e. The summed E-state index contributed by atoms with van der Waals surface area (Å²) in [5.41, 5.74) is 3.29. The Morgan fingerprint density at radius 3 is 2.81 bits per heavy atom. The fraction of sp³-hybridized carbons (Fsp3) is 0.0588. The topological polar surface area (TPSA) is 42.0 Å². The summed E-state index contributed by atoms with van der Waals surface area (Å²) >= 11 is 3.45. The maximum absolute atomic E-state index is 12.5. The number of halogens is 1. The average Bonchev–Trinajstić information content (AvgIpc) is 2.50. The molecule has 0 radical (unpaired) electrons. The van der Waals surface area contributed by atoms with Gasteiger partial charge >= 0.3 is 0 Å². The number of anilines is 1. The number of rotatable bonds is 2. The van der Waals surface area contributed by atoms with Gasteiger partial charge in [0.25, 0.3) is 5.91 Å². The molecular formula is C17H13BrN2O. The van der Waals surface area contributed by atoms with Crippen LogP contribution in [0.2, 0.25) is 0 Å². The number of aromatic nitrogens is 1. The number of aryl methyl sites for hydroxylation is 1. The molecule has 0 spiro atoms. The molecule has 0 fully saturated rings. The minimum Gasteiger partial charge on any atom is -0.321 e. The molecule has 0 saturated carbocycles. The standard InChI is InChI=1S/C17H13BrN2O/c1-11-6-7-14(18)16(10-11)20-17(21)13-8-9-19-15-5-3-2-4-12(13)15/h2-10H,1H3,(H,20,21). The summed E-state index contributed by atoms with van der Waals surface area (Å²) in [7, 11) is 0. The molecule has 1 aromatic heterocycles. The Bertz CT molecular complexity index is 825. The Labute approximate surface area is 131 Å². The van der Waals surface area contributed by atoms with Crippen LogP contribution in [0.5, 0.6) is 0 Å². The molecule has 0 aliphatic heterocycles. The van der Waals surface area contributed by atoms with Gasteiger partial charge in [-0.1, -0.05) is 24.3 Å². The first-order valence-corrected chi connectivity index (χ1v) is 7.36. The Balaban J connectivity index is 1.99. The fourth-order valence-corrected chi connectivity index (χ4v) is 2.56. The van der Waals surface area contributed by atoms with E-state index >= 15 is 0 Å². The second-order valence-corrected chi connectivity index (χ2v) is 5.67. The number of hydrogen-bond donors (Lipinski definition) is 1. The molecule has 0 unspecified atom stereocenters. The van der Waals surface area contributed by atoms with Crippen molar-refractivity contribution in [3.8, 4) is 0 Å². The Kier molecular flexibility index (Phi) is 3.71. The lowest BCUT2D eigenvalue weighted by atomic mass is 10.1. The van der Waals surface area contributed by atoms with Crippen LogP contribution in [0.25, 0.3) is 10.9 Å². The number of benzene rings is 2. The van der Waals surface area contributed by atoms with Crippen LogP contribution in [0.3, 0.4) is 0 Å². The highest BCUT2D eigenvalue weighted by atomic mass is 79.9. The zero-order valence-electron chi connectivity index (χ0n) is 11.4. The zero-order chi connectivity index (χ0) is 14.8. The molecule has 0 atom stereocenters. The molecule has 0 aliphatic rings. The van der Waals surface area contributed by atoms with Gasteiger partial charge < -0.3 is 5.32 Å². The van der Waals surface area contributed by atoms with E-state index in [9.17, 15) is 4.79 Å². The first-order valence-electron chi connectivity index (χ1n) is 6.56. The van der Waals surface area contributed by atoms with Crippen LogP contribution in [0, 0.1) is 6.92 Å². The van der Waals surface area contributed by atoms with E-state index in [0.717, 1.165) is 26.6 Å². The molecule has 4 heteroatoms. The lowest BCUT2D eigenvalue weighted by Gasteiger charge is -2.10. The number of nitrogens with zero attached hydrogens (tertiary/aromatic N) is 1. The van der Waals surface area contributed by atoms with Gasteiger partial charge in [-0.15, -0.1) is 0 Å². The number of pyridine rings is 1. The van der Waals surface area contributed by atoms with Gasteiger partial charge in [-0.25, -0.2) is 0 Å². The highest BCUT2D eigenvalue weighted by Crippen LogP contribution is 2.25. The molecule has 104 valence electrons. The minimum atomic E-state index is -0.139. The first-order chi connectivity index (χ1) is 10.1. The van der Waals surface area contributed by atoms with E-state index in [0.29, 0.717) is 5.56 Å². The maximum Gasteiger partial charge on any atom is 0.256 e. The van der Waals surface area contributed by atoms with E-state index < -0.39 is 0 Å². The van der Waals surface area contributed by atoms with Gasteiger partial charge in [-0.2, -0.15) is 0 Å². The van der Waals surface area contributed by atoms with E-state index in [1.54, 1.807) is 12.3 Å². The van der Waals surface area contributed by atoms with Crippen molar-refractivity contribution < 1.29 is 4.79 Å². The van der Waals surface area contributed by atoms with Crippen molar-refractivity contribution in [1.82, 2.24) is 4.98 Å². The average molecular weight is 341 g/mol. The highest BCUT2D eigenvalue weighted by molar-refractivity contribution is 9.10. The van der Waals surface area contributed by atoms with Gasteiger partial charge in [0.05, 0.1) is 16.8 Å². The fourth-order valence-electron chi connectivity index (χ4n) is 2.22. The van der Waals surface area contributed by atoms with E-state index in [1.807, 2.05) is 49.4 Å². The Morgan fingerprint density at radius 2 is 1.95 bits per heavy atom. The molecule has 0 aliphatic carbocycles. The van der Waals surface area contributed by atoms with Gasteiger partial charge in [0, 0.05) is 16.1 Å². The van der Waals surface area contributed by atoms with E-state index in [1.165, 1.54) is 0 Å². The van der Waals surface area contributed by atoms with Gasteiger partial charge in [-0.3, -0.25) is 9.78 Å². The summed E-state index contributed by atoms with van der Waals surface area (Å²) in [6.45, 7) is 1.99. The maximum atomic E-state index is 12.5. The smallest absolute Gasteiger partial charge is 0.256 e. The summed E-state index contributed by atoms with van der Waals surface area (Å²) in [4.78, 5) is 16.8. The number of fused-ring (bicyclic) bond motifs is 1. The second kappa shape index (κ2) is 5.66. The lowest BCUT2D eigenvalue weighted by Crippen LogP contribution is -2.13. The monoisotopic (exact) mass is 340 g/mol. The predicted molar refractivity (Wildman–Crippen MR) is 88.6 cm³/mol. The zero-order valence-corrected chi connectivity index (χ0v) is 13.0. The van der Waals surface area contributed by atoms with Crippen molar-refractivity contribution in [3.05, 3.63) is 70.3 Å². The molecule has 1 N–H and O–H groups in total. The van der Waals surface area contributed by atoms with Crippen LogP contribution in [0.4, 0.5) is 5.69 Å². The number of carbonyl (C=O) groups is 1. The second-order valence-electron chi connectivity index (χ2n) is 4.81. The summed E-state index contributed by atoms with van der Waals surface area (Å²) in [6, 6.07) is 15.2. The van der Waals surface area contributed by atoms with Crippen molar-refractivity contribution in [3.63, 3.8) is 0 Å². The molecule has 0 saturated heterocycles. The van der Waals surface area contributed by atoms with Crippen LogP contribution in [0.1, 0.15) is 15.9 Å². The molecule has 3 nitrogen and oxygen atoms in total. The third kappa shape index (κ3) is 2.81. The normalized spacial score (nSPS) is 10.6. The third-order valence-electron chi connectivity index (χ3n) is 3.26. The predicted octanol–water partition coefficient (Wildman–Crippen LogP) is 4.56. The summed E-state index contributed by atoms with van der Waals surface area (Å²) in [5, 5.41) is 3.79. The third-order valence-corrected chi connectivity index (χ3v) is 3.96.